The molecular formula is C15H12ClIN2O. The van der Waals surface area contributed by atoms with Gasteiger partial charge in [-0.2, -0.15) is 5.26 Å². The van der Waals surface area contributed by atoms with E-state index in [1.807, 2.05) is 36.4 Å². The zero-order chi connectivity index (χ0) is 14.5. The lowest BCUT2D eigenvalue weighted by molar-refractivity contribution is 0.413. The quantitative estimate of drug-likeness (QED) is 0.775. The third kappa shape index (κ3) is 3.56. The lowest BCUT2D eigenvalue weighted by Crippen LogP contribution is -2.01. The highest BCUT2D eigenvalue weighted by Gasteiger charge is 2.05. The van der Waals surface area contributed by atoms with Gasteiger partial charge >= 0.3 is 0 Å². The standard InChI is InChI=1S/C15H12ClIN2O/c1-20-15-5-2-10(6-11(15)8-18)9-19-14-4-3-12(16)7-13(14)17/h2-7,19H,9H2,1H3. The van der Waals surface area contributed by atoms with E-state index in [-0.39, 0.29) is 0 Å². The average molecular weight is 399 g/mol. The number of halogens is 2. The third-order valence-corrected chi connectivity index (χ3v) is 3.93. The molecule has 0 radical (unpaired) electrons. The second kappa shape index (κ2) is 6.82. The maximum absolute atomic E-state index is 9.07. The van der Waals surface area contributed by atoms with Crippen LogP contribution in [-0.4, -0.2) is 7.11 Å². The Kier molecular flexibility index (Phi) is 5.10. The number of nitriles is 1. The number of nitrogens with zero attached hydrogens (tertiary/aromatic N) is 1. The van der Waals surface area contributed by atoms with Crippen molar-refractivity contribution in [2.75, 3.05) is 12.4 Å². The molecular weight excluding hydrogens is 387 g/mol. The molecule has 0 aliphatic carbocycles. The predicted octanol–water partition coefficient (Wildman–Crippen LogP) is 4.44. The van der Waals surface area contributed by atoms with Crippen LogP contribution in [0.1, 0.15) is 11.1 Å². The molecule has 1 N–H and O–H groups in total. The molecule has 0 bridgehead atoms. The maximum Gasteiger partial charge on any atom is 0.136 e. The Balaban J connectivity index is 2.13. The fraction of sp³-hybridized carbons (Fsp3) is 0.133. The molecule has 0 aliphatic rings. The van der Waals surface area contributed by atoms with E-state index in [1.54, 1.807) is 7.11 Å². The molecule has 0 atom stereocenters. The number of rotatable bonds is 4. The second-order valence-corrected chi connectivity index (χ2v) is 5.72. The van der Waals surface area contributed by atoms with Gasteiger partial charge in [0, 0.05) is 20.8 Å². The summed E-state index contributed by atoms with van der Waals surface area (Å²) in [4.78, 5) is 0. The van der Waals surface area contributed by atoms with Crippen molar-refractivity contribution in [1.82, 2.24) is 0 Å². The van der Waals surface area contributed by atoms with Crippen molar-refractivity contribution in [2.24, 2.45) is 0 Å². The molecule has 0 saturated carbocycles. The monoisotopic (exact) mass is 398 g/mol. The van der Waals surface area contributed by atoms with Gasteiger partial charge in [-0.3, -0.25) is 0 Å². The summed E-state index contributed by atoms with van der Waals surface area (Å²) in [5.41, 5.74) is 2.58. The number of methoxy groups -OCH3 is 1. The average Bonchev–Trinajstić information content (AvgIpc) is 2.46. The van der Waals surface area contributed by atoms with Crippen molar-refractivity contribution < 1.29 is 4.74 Å². The van der Waals surface area contributed by atoms with Crippen molar-refractivity contribution in [3.63, 3.8) is 0 Å². The molecule has 3 nitrogen and oxygen atoms in total. The van der Waals surface area contributed by atoms with E-state index in [4.69, 9.17) is 21.6 Å². The largest absolute Gasteiger partial charge is 0.495 e. The van der Waals surface area contributed by atoms with E-state index in [0.717, 1.165) is 19.8 Å². The maximum atomic E-state index is 9.07. The van der Waals surface area contributed by atoms with Gasteiger partial charge in [-0.05, 0) is 58.5 Å². The lowest BCUT2D eigenvalue weighted by Gasteiger charge is -2.10. The number of hydrogen-bond donors (Lipinski definition) is 1. The molecule has 102 valence electrons. The molecule has 0 fully saturated rings. The normalized spacial score (nSPS) is 9.90. The molecule has 0 heterocycles. The van der Waals surface area contributed by atoms with E-state index in [1.165, 1.54) is 0 Å². The molecule has 2 rings (SSSR count). The van der Waals surface area contributed by atoms with Gasteiger partial charge in [0.25, 0.3) is 0 Å². The first-order valence-corrected chi connectivity index (χ1v) is 7.35. The molecule has 0 saturated heterocycles. The molecule has 0 unspecified atom stereocenters. The molecule has 2 aromatic rings. The molecule has 0 amide bonds. The van der Waals surface area contributed by atoms with Gasteiger partial charge in [-0.25, -0.2) is 0 Å². The van der Waals surface area contributed by atoms with Gasteiger partial charge in [0.2, 0.25) is 0 Å². The number of benzene rings is 2. The minimum absolute atomic E-state index is 0.539. The van der Waals surface area contributed by atoms with E-state index < -0.39 is 0 Å². The predicted molar refractivity (Wildman–Crippen MR) is 89.2 cm³/mol. The second-order valence-electron chi connectivity index (χ2n) is 4.12. The summed E-state index contributed by atoms with van der Waals surface area (Å²) in [6.07, 6.45) is 0. The van der Waals surface area contributed by atoms with E-state index in [9.17, 15) is 0 Å². The number of hydrogen-bond acceptors (Lipinski definition) is 3. The molecule has 0 spiro atoms. The van der Waals surface area contributed by atoms with Crippen molar-refractivity contribution in [3.05, 3.63) is 56.1 Å². The Bertz CT molecular complexity index is 667. The van der Waals surface area contributed by atoms with Crippen LogP contribution in [-0.2, 0) is 6.54 Å². The molecule has 2 aromatic carbocycles. The lowest BCUT2D eigenvalue weighted by atomic mass is 10.1. The van der Waals surface area contributed by atoms with Gasteiger partial charge in [0.1, 0.15) is 11.8 Å². The van der Waals surface area contributed by atoms with Crippen LogP contribution in [0.15, 0.2) is 36.4 Å². The molecule has 5 heteroatoms. The van der Waals surface area contributed by atoms with Gasteiger partial charge in [-0.15, -0.1) is 0 Å². The number of anilines is 1. The summed E-state index contributed by atoms with van der Waals surface area (Å²) < 4.78 is 6.19. The fourth-order valence-electron chi connectivity index (χ4n) is 1.78. The van der Waals surface area contributed by atoms with Crippen LogP contribution in [0.4, 0.5) is 5.69 Å². The van der Waals surface area contributed by atoms with Crippen LogP contribution in [0.2, 0.25) is 5.02 Å². The van der Waals surface area contributed by atoms with Gasteiger partial charge in [-0.1, -0.05) is 17.7 Å². The Morgan fingerprint density at radius 2 is 2.10 bits per heavy atom. The minimum Gasteiger partial charge on any atom is -0.495 e. The van der Waals surface area contributed by atoms with Gasteiger partial charge < -0.3 is 10.1 Å². The van der Waals surface area contributed by atoms with Gasteiger partial charge in [0.15, 0.2) is 0 Å². The Labute approximate surface area is 136 Å². The summed E-state index contributed by atoms with van der Waals surface area (Å²) in [6, 6.07) is 13.4. The van der Waals surface area contributed by atoms with Crippen molar-refractivity contribution in [3.8, 4) is 11.8 Å². The van der Waals surface area contributed by atoms with Crippen LogP contribution in [0.25, 0.3) is 0 Å². The molecule has 20 heavy (non-hydrogen) atoms. The molecule has 0 aliphatic heterocycles. The van der Waals surface area contributed by atoms with Crippen LogP contribution in [0.3, 0.4) is 0 Å². The van der Waals surface area contributed by atoms with E-state index >= 15 is 0 Å². The van der Waals surface area contributed by atoms with Crippen LogP contribution < -0.4 is 10.1 Å². The summed E-state index contributed by atoms with van der Waals surface area (Å²) >= 11 is 8.16. The molecule has 0 aromatic heterocycles. The van der Waals surface area contributed by atoms with Crippen molar-refractivity contribution in [1.29, 1.82) is 5.26 Å². The van der Waals surface area contributed by atoms with Crippen molar-refractivity contribution in [2.45, 2.75) is 6.54 Å². The summed E-state index contributed by atoms with van der Waals surface area (Å²) in [5.74, 6) is 0.595. The highest BCUT2D eigenvalue weighted by atomic mass is 127. The number of ether oxygens (including phenoxy) is 1. The zero-order valence-corrected chi connectivity index (χ0v) is 13.7. The highest BCUT2D eigenvalue weighted by Crippen LogP contribution is 2.24. The topological polar surface area (TPSA) is 45.0 Å². The SMILES string of the molecule is COc1ccc(CNc2ccc(Cl)cc2I)cc1C#N. The smallest absolute Gasteiger partial charge is 0.136 e. The zero-order valence-electron chi connectivity index (χ0n) is 10.8. The Morgan fingerprint density at radius 3 is 2.75 bits per heavy atom. The van der Waals surface area contributed by atoms with E-state index in [2.05, 4.69) is 34.0 Å². The summed E-state index contributed by atoms with van der Waals surface area (Å²) in [7, 11) is 1.56. The first kappa shape index (κ1) is 14.9. The van der Waals surface area contributed by atoms with Crippen LogP contribution >= 0.6 is 34.2 Å². The Morgan fingerprint density at radius 1 is 1.30 bits per heavy atom. The van der Waals surface area contributed by atoms with E-state index in [0.29, 0.717) is 17.9 Å². The highest BCUT2D eigenvalue weighted by molar-refractivity contribution is 14.1. The fourth-order valence-corrected chi connectivity index (χ4v) is 2.84. The minimum atomic E-state index is 0.539. The van der Waals surface area contributed by atoms with Crippen LogP contribution in [0.5, 0.6) is 5.75 Å². The Hall–Kier alpha value is -1.45. The number of nitrogens with one attached hydrogen (secondary N) is 1. The van der Waals surface area contributed by atoms with Crippen molar-refractivity contribution >= 4 is 39.9 Å². The van der Waals surface area contributed by atoms with Gasteiger partial charge in [0.05, 0.1) is 12.7 Å². The summed E-state index contributed by atoms with van der Waals surface area (Å²) in [5, 5.41) is 13.1. The van der Waals surface area contributed by atoms with Crippen LogP contribution in [0, 0.1) is 14.9 Å². The third-order valence-electron chi connectivity index (χ3n) is 2.80. The summed E-state index contributed by atoms with van der Waals surface area (Å²) in [6.45, 7) is 0.635. The first-order valence-electron chi connectivity index (χ1n) is 5.90. The first-order chi connectivity index (χ1) is 9.63.